The minimum absolute atomic E-state index is 0.330. The van der Waals surface area contributed by atoms with Crippen LogP contribution >= 0.6 is 12.2 Å². The average Bonchev–Trinajstić information content (AvgIpc) is 2.15. The lowest BCUT2D eigenvalue weighted by molar-refractivity contribution is 0.688. The molecule has 0 aliphatic carbocycles. The van der Waals surface area contributed by atoms with E-state index in [1.54, 1.807) is 6.20 Å². The van der Waals surface area contributed by atoms with Crippen LogP contribution in [-0.2, 0) is 0 Å². The SMILES string of the molecule is CC(C)CNc1cccnc1C(N)=S. The summed E-state index contributed by atoms with van der Waals surface area (Å²) in [4.78, 5) is 4.46. The zero-order valence-corrected chi connectivity index (χ0v) is 9.27. The molecule has 0 saturated carbocycles. The van der Waals surface area contributed by atoms with Crippen molar-refractivity contribution in [1.82, 2.24) is 4.98 Å². The Balaban J connectivity index is 2.79. The summed E-state index contributed by atoms with van der Waals surface area (Å²) in [6, 6.07) is 3.80. The highest BCUT2D eigenvalue weighted by molar-refractivity contribution is 7.80. The van der Waals surface area contributed by atoms with Crippen LogP contribution in [-0.4, -0.2) is 16.5 Å². The number of aromatic nitrogens is 1. The number of nitrogens with two attached hydrogens (primary N) is 1. The van der Waals surface area contributed by atoms with Crippen molar-refractivity contribution in [2.45, 2.75) is 13.8 Å². The average molecular weight is 209 g/mol. The third-order valence-corrected chi connectivity index (χ3v) is 1.94. The summed E-state index contributed by atoms with van der Waals surface area (Å²) < 4.78 is 0. The summed E-state index contributed by atoms with van der Waals surface area (Å²) >= 11 is 4.90. The highest BCUT2D eigenvalue weighted by atomic mass is 32.1. The molecule has 0 radical (unpaired) electrons. The number of thiocarbonyl (C=S) groups is 1. The van der Waals surface area contributed by atoms with Gasteiger partial charge in [-0.2, -0.15) is 0 Å². The number of hydrogen-bond donors (Lipinski definition) is 2. The summed E-state index contributed by atoms with van der Waals surface area (Å²) in [5.74, 6) is 0.578. The molecule has 0 unspecified atom stereocenters. The molecule has 0 aliphatic rings. The quantitative estimate of drug-likeness (QED) is 0.742. The predicted molar refractivity (Wildman–Crippen MR) is 63.5 cm³/mol. The molecule has 0 fully saturated rings. The fraction of sp³-hybridized carbons (Fsp3) is 0.400. The van der Waals surface area contributed by atoms with Crippen LogP contribution in [0.4, 0.5) is 5.69 Å². The van der Waals surface area contributed by atoms with E-state index in [9.17, 15) is 0 Å². The zero-order valence-electron chi connectivity index (χ0n) is 8.45. The Morgan fingerprint density at radius 2 is 2.36 bits per heavy atom. The molecule has 3 nitrogen and oxygen atoms in total. The van der Waals surface area contributed by atoms with Crippen LogP contribution in [0.25, 0.3) is 0 Å². The summed E-state index contributed by atoms with van der Waals surface area (Å²) in [5, 5.41) is 3.26. The van der Waals surface area contributed by atoms with Crippen LogP contribution < -0.4 is 11.1 Å². The van der Waals surface area contributed by atoms with Gasteiger partial charge in [0.05, 0.1) is 5.69 Å². The smallest absolute Gasteiger partial charge is 0.124 e. The monoisotopic (exact) mass is 209 g/mol. The second-order valence-corrected chi connectivity index (χ2v) is 3.98. The first-order valence-electron chi connectivity index (χ1n) is 4.60. The van der Waals surface area contributed by atoms with Crippen molar-refractivity contribution in [3.05, 3.63) is 24.0 Å². The van der Waals surface area contributed by atoms with E-state index in [0.717, 1.165) is 12.2 Å². The van der Waals surface area contributed by atoms with Gasteiger partial charge < -0.3 is 11.1 Å². The molecule has 14 heavy (non-hydrogen) atoms. The number of hydrogen-bond acceptors (Lipinski definition) is 3. The number of nitrogens with zero attached hydrogens (tertiary/aromatic N) is 1. The van der Waals surface area contributed by atoms with Crippen molar-refractivity contribution in [3.8, 4) is 0 Å². The molecule has 76 valence electrons. The van der Waals surface area contributed by atoms with Crippen LogP contribution in [0.3, 0.4) is 0 Å². The van der Waals surface area contributed by atoms with E-state index >= 15 is 0 Å². The Labute approximate surface area is 89.7 Å². The van der Waals surface area contributed by atoms with Crippen LogP contribution in [0.5, 0.6) is 0 Å². The second-order valence-electron chi connectivity index (χ2n) is 3.54. The minimum Gasteiger partial charge on any atom is -0.388 e. The zero-order chi connectivity index (χ0) is 10.6. The maximum Gasteiger partial charge on any atom is 0.124 e. The topological polar surface area (TPSA) is 50.9 Å². The van der Waals surface area contributed by atoms with Gasteiger partial charge in [-0.25, -0.2) is 0 Å². The maximum absolute atomic E-state index is 5.55. The van der Waals surface area contributed by atoms with Gasteiger partial charge in [-0.3, -0.25) is 4.98 Å². The number of anilines is 1. The Hall–Kier alpha value is -1.16. The van der Waals surface area contributed by atoms with E-state index < -0.39 is 0 Å². The van der Waals surface area contributed by atoms with Crippen molar-refractivity contribution >= 4 is 22.9 Å². The highest BCUT2D eigenvalue weighted by Gasteiger charge is 2.05. The number of rotatable bonds is 4. The summed E-state index contributed by atoms with van der Waals surface area (Å²) in [7, 11) is 0. The lowest BCUT2D eigenvalue weighted by Gasteiger charge is -2.11. The lowest BCUT2D eigenvalue weighted by atomic mass is 10.2. The molecule has 0 aliphatic heterocycles. The van der Waals surface area contributed by atoms with Gasteiger partial charge >= 0.3 is 0 Å². The van der Waals surface area contributed by atoms with E-state index in [2.05, 4.69) is 24.1 Å². The molecule has 0 saturated heterocycles. The van der Waals surface area contributed by atoms with Gasteiger partial charge in [0.15, 0.2) is 0 Å². The molecule has 4 heteroatoms. The first-order valence-corrected chi connectivity index (χ1v) is 5.00. The van der Waals surface area contributed by atoms with Crippen molar-refractivity contribution in [3.63, 3.8) is 0 Å². The van der Waals surface area contributed by atoms with Gasteiger partial charge in [0.2, 0.25) is 0 Å². The van der Waals surface area contributed by atoms with Crippen LogP contribution in [0.1, 0.15) is 19.5 Å². The normalized spacial score (nSPS) is 10.2. The highest BCUT2D eigenvalue weighted by Crippen LogP contribution is 2.12. The van der Waals surface area contributed by atoms with Crippen LogP contribution in [0, 0.1) is 5.92 Å². The van der Waals surface area contributed by atoms with E-state index in [0.29, 0.717) is 16.6 Å². The van der Waals surface area contributed by atoms with Crippen molar-refractivity contribution in [2.75, 3.05) is 11.9 Å². The molecule has 0 amide bonds. The molecule has 1 aromatic heterocycles. The van der Waals surface area contributed by atoms with Crippen molar-refractivity contribution in [1.29, 1.82) is 0 Å². The summed E-state index contributed by atoms with van der Waals surface area (Å²) in [6.45, 7) is 5.18. The molecule has 0 spiro atoms. The van der Waals surface area contributed by atoms with Crippen molar-refractivity contribution < 1.29 is 0 Å². The Bertz CT molecular complexity index is 323. The molecule has 0 bridgehead atoms. The molecular weight excluding hydrogens is 194 g/mol. The minimum atomic E-state index is 0.330. The van der Waals surface area contributed by atoms with Gasteiger partial charge in [-0.15, -0.1) is 0 Å². The maximum atomic E-state index is 5.55. The summed E-state index contributed by atoms with van der Waals surface area (Å²) in [5.41, 5.74) is 7.13. The molecule has 1 aromatic rings. The fourth-order valence-electron chi connectivity index (χ4n) is 1.06. The number of nitrogens with one attached hydrogen (secondary N) is 1. The molecule has 1 heterocycles. The summed E-state index contributed by atoms with van der Waals surface area (Å²) in [6.07, 6.45) is 1.69. The third-order valence-electron chi connectivity index (χ3n) is 1.74. The van der Waals surface area contributed by atoms with Crippen LogP contribution in [0.2, 0.25) is 0 Å². The molecule has 1 rings (SSSR count). The Kier molecular flexibility index (Phi) is 3.83. The molecule has 3 N–H and O–H groups in total. The Morgan fingerprint density at radius 3 is 2.93 bits per heavy atom. The van der Waals surface area contributed by atoms with E-state index in [1.165, 1.54) is 0 Å². The largest absolute Gasteiger partial charge is 0.388 e. The molecular formula is C10H15N3S. The molecule has 0 aromatic carbocycles. The lowest BCUT2D eigenvalue weighted by Crippen LogP contribution is -2.17. The van der Waals surface area contributed by atoms with E-state index in [4.69, 9.17) is 18.0 Å². The van der Waals surface area contributed by atoms with Gasteiger partial charge in [-0.05, 0) is 18.1 Å². The standard InChI is InChI=1S/C10H15N3S/c1-7(2)6-13-8-4-3-5-12-9(8)10(11)14/h3-5,7,13H,6H2,1-2H3,(H2,11,14). The Morgan fingerprint density at radius 1 is 1.64 bits per heavy atom. The van der Waals surface area contributed by atoms with Gasteiger partial charge in [-0.1, -0.05) is 26.1 Å². The first-order chi connectivity index (χ1) is 6.61. The van der Waals surface area contributed by atoms with E-state index in [1.807, 2.05) is 12.1 Å². The predicted octanol–water partition coefficient (Wildman–Crippen LogP) is 1.78. The first kappa shape index (κ1) is 10.9. The number of pyridine rings is 1. The molecule has 0 atom stereocenters. The van der Waals surface area contributed by atoms with Crippen LogP contribution in [0.15, 0.2) is 18.3 Å². The van der Waals surface area contributed by atoms with E-state index in [-0.39, 0.29) is 0 Å². The van der Waals surface area contributed by atoms with Gasteiger partial charge in [0.25, 0.3) is 0 Å². The van der Waals surface area contributed by atoms with Gasteiger partial charge in [0.1, 0.15) is 10.7 Å². The fourth-order valence-corrected chi connectivity index (χ4v) is 1.22. The third kappa shape index (κ3) is 2.96. The second kappa shape index (κ2) is 4.91. The van der Waals surface area contributed by atoms with Gasteiger partial charge in [0, 0.05) is 12.7 Å². The van der Waals surface area contributed by atoms with Crippen molar-refractivity contribution in [2.24, 2.45) is 11.7 Å².